The normalized spacial score (nSPS) is 11.2. The molecular weight excluding hydrogens is 292 g/mol. The van der Waals surface area contributed by atoms with E-state index in [4.69, 9.17) is 9.15 Å². The lowest BCUT2D eigenvalue weighted by atomic mass is 9.99. The van der Waals surface area contributed by atoms with Crippen LogP contribution in [-0.2, 0) is 4.74 Å². The van der Waals surface area contributed by atoms with Gasteiger partial charge in [0, 0.05) is 5.39 Å². The summed E-state index contributed by atoms with van der Waals surface area (Å²) < 4.78 is 10.7. The van der Waals surface area contributed by atoms with Gasteiger partial charge >= 0.3 is 5.97 Å². The Morgan fingerprint density at radius 2 is 1.74 bits per heavy atom. The van der Waals surface area contributed by atoms with Crippen molar-refractivity contribution in [2.75, 3.05) is 7.11 Å². The molecule has 0 saturated heterocycles. The van der Waals surface area contributed by atoms with Crippen LogP contribution in [0.3, 0.4) is 0 Å². The molecule has 4 aromatic rings. The van der Waals surface area contributed by atoms with E-state index >= 15 is 0 Å². The highest BCUT2D eigenvalue weighted by molar-refractivity contribution is 6.16. The summed E-state index contributed by atoms with van der Waals surface area (Å²) >= 11 is 0. The predicted molar refractivity (Wildman–Crippen MR) is 88.8 cm³/mol. The standard InChI is InChI=1S/C19H12O4/c1-22-19(21)13-7-4-5-11-9-10-15-17(16(11)13)18(20)12-6-2-3-8-14(12)23-15/h2-10H,1H3. The molecule has 0 radical (unpaired) electrons. The number of esters is 1. The number of fused-ring (bicyclic) bond motifs is 4. The van der Waals surface area contributed by atoms with Crippen molar-refractivity contribution in [3.63, 3.8) is 0 Å². The van der Waals surface area contributed by atoms with Crippen LogP contribution in [0.1, 0.15) is 10.4 Å². The number of hydrogen-bond acceptors (Lipinski definition) is 4. The second-order valence-corrected chi connectivity index (χ2v) is 5.26. The third kappa shape index (κ3) is 1.92. The van der Waals surface area contributed by atoms with Gasteiger partial charge < -0.3 is 9.15 Å². The molecule has 4 heteroatoms. The van der Waals surface area contributed by atoms with Crippen LogP contribution < -0.4 is 5.43 Å². The highest BCUT2D eigenvalue weighted by atomic mass is 16.5. The van der Waals surface area contributed by atoms with Gasteiger partial charge in [0.15, 0.2) is 0 Å². The zero-order valence-corrected chi connectivity index (χ0v) is 12.3. The number of methoxy groups -OCH3 is 1. The lowest BCUT2D eigenvalue weighted by Crippen LogP contribution is -2.07. The second kappa shape index (κ2) is 4.95. The molecule has 0 N–H and O–H groups in total. The molecule has 0 amide bonds. The first-order valence-electron chi connectivity index (χ1n) is 7.16. The van der Waals surface area contributed by atoms with Gasteiger partial charge in [0.05, 0.1) is 23.4 Å². The fraction of sp³-hybridized carbons (Fsp3) is 0.0526. The molecule has 4 nitrogen and oxygen atoms in total. The van der Waals surface area contributed by atoms with Gasteiger partial charge in [-0.25, -0.2) is 4.79 Å². The van der Waals surface area contributed by atoms with Crippen molar-refractivity contribution in [2.45, 2.75) is 0 Å². The number of benzene rings is 3. The summed E-state index contributed by atoms with van der Waals surface area (Å²) in [4.78, 5) is 25.0. The zero-order valence-electron chi connectivity index (χ0n) is 12.3. The minimum Gasteiger partial charge on any atom is -0.465 e. The molecule has 0 aliphatic rings. The Labute approximate surface area is 130 Å². The molecule has 0 bridgehead atoms. The van der Waals surface area contributed by atoms with E-state index in [1.165, 1.54) is 7.11 Å². The van der Waals surface area contributed by atoms with E-state index in [0.29, 0.717) is 32.9 Å². The molecule has 0 unspecified atom stereocenters. The topological polar surface area (TPSA) is 56.5 Å². The van der Waals surface area contributed by atoms with Crippen molar-refractivity contribution in [2.24, 2.45) is 0 Å². The van der Waals surface area contributed by atoms with Crippen LogP contribution in [0.15, 0.2) is 63.8 Å². The first-order chi connectivity index (χ1) is 11.2. The van der Waals surface area contributed by atoms with E-state index in [1.807, 2.05) is 18.2 Å². The van der Waals surface area contributed by atoms with Gasteiger partial charge in [-0.1, -0.05) is 30.3 Å². The molecule has 23 heavy (non-hydrogen) atoms. The SMILES string of the molecule is COC(=O)c1cccc2ccc3oc4ccccc4c(=O)c3c12. The first-order valence-corrected chi connectivity index (χ1v) is 7.16. The Bertz CT molecular complexity index is 1140. The van der Waals surface area contributed by atoms with E-state index in [9.17, 15) is 9.59 Å². The fourth-order valence-corrected chi connectivity index (χ4v) is 2.95. The summed E-state index contributed by atoms with van der Waals surface area (Å²) in [6.45, 7) is 0. The highest BCUT2D eigenvalue weighted by Gasteiger charge is 2.17. The van der Waals surface area contributed by atoms with Crippen molar-refractivity contribution in [3.8, 4) is 0 Å². The average Bonchev–Trinajstić information content (AvgIpc) is 2.60. The molecule has 4 rings (SSSR count). The lowest BCUT2D eigenvalue weighted by Gasteiger charge is -2.08. The van der Waals surface area contributed by atoms with Crippen LogP contribution in [0, 0.1) is 0 Å². The smallest absolute Gasteiger partial charge is 0.338 e. The Balaban J connectivity index is 2.30. The van der Waals surface area contributed by atoms with E-state index in [2.05, 4.69) is 0 Å². The maximum absolute atomic E-state index is 13.0. The van der Waals surface area contributed by atoms with Crippen LogP contribution in [0.2, 0.25) is 0 Å². The van der Waals surface area contributed by atoms with Gasteiger partial charge in [-0.15, -0.1) is 0 Å². The summed E-state index contributed by atoms with van der Waals surface area (Å²) in [6, 6.07) is 16.0. The fourth-order valence-electron chi connectivity index (χ4n) is 2.95. The molecule has 3 aromatic carbocycles. The Morgan fingerprint density at radius 1 is 0.913 bits per heavy atom. The van der Waals surface area contributed by atoms with Crippen LogP contribution >= 0.6 is 0 Å². The molecule has 1 heterocycles. The van der Waals surface area contributed by atoms with Gasteiger partial charge in [0.25, 0.3) is 0 Å². The number of rotatable bonds is 1. The van der Waals surface area contributed by atoms with Crippen LogP contribution in [0.25, 0.3) is 32.7 Å². The molecule has 0 fully saturated rings. The third-order valence-corrected chi connectivity index (χ3v) is 3.99. The van der Waals surface area contributed by atoms with E-state index in [1.54, 1.807) is 36.4 Å². The van der Waals surface area contributed by atoms with Gasteiger partial charge in [0.2, 0.25) is 5.43 Å². The minimum atomic E-state index is -0.476. The van der Waals surface area contributed by atoms with Crippen molar-refractivity contribution < 1.29 is 13.9 Å². The maximum atomic E-state index is 13.0. The largest absolute Gasteiger partial charge is 0.465 e. The third-order valence-electron chi connectivity index (χ3n) is 3.99. The Hall–Kier alpha value is -3.14. The van der Waals surface area contributed by atoms with Crippen LogP contribution in [0.4, 0.5) is 0 Å². The van der Waals surface area contributed by atoms with Crippen LogP contribution in [0.5, 0.6) is 0 Å². The summed E-state index contributed by atoms with van der Waals surface area (Å²) in [5, 5.41) is 2.26. The molecule has 0 aliphatic heterocycles. The van der Waals surface area contributed by atoms with Crippen molar-refractivity contribution in [3.05, 3.63) is 70.4 Å². The quantitative estimate of drug-likeness (QED) is 0.304. The first kappa shape index (κ1) is 13.5. The number of carbonyl (C=O) groups excluding carboxylic acids is 1. The Morgan fingerprint density at radius 3 is 2.57 bits per heavy atom. The van der Waals surface area contributed by atoms with Gasteiger partial charge in [0.1, 0.15) is 11.2 Å². The summed E-state index contributed by atoms with van der Waals surface area (Å²) in [7, 11) is 1.32. The number of para-hydroxylation sites is 1. The summed E-state index contributed by atoms with van der Waals surface area (Å²) in [5.41, 5.74) is 1.19. The average molecular weight is 304 g/mol. The van der Waals surface area contributed by atoms with Gasteiger partial charge in [-0.05, 0) is 29.7 Å². The Kier molecular flexibility index (Phi) is 2.91. The number of hydrogen-bond donors (Lipinski definition) is 0. The predicted octanol–water partition coefficient (Wildman–Crippen LogP) is 3.89. The molecule has 0 atom stereocenters. The molecule has 1 aromatic heterocycles. The number of carbonyl (C=O) groups is 1. The van der Waals surface area contributed by atoms with E-state index < -0.39 is 5.97 Å². The maximum Gasteiger partial charge on any atom is 0.338 e. The van der Waals surface area contributed by atoms with Crippen molar-refractivity contribution >= 4 is 38.7 Å². The molecule has 0 saturated carbocycles. The zero-order chi connectivity index (χ0) is 16.0. The van der Waals surface area contributed by atoms with E-state index in [-0.39, 0.29) is 5.43 Å². The molecule has 112 valence electrons. The lowest BCUT2D eigenvalue weighted by molar-refractivity contribution is 0.0603. The highest BCUT2D eigenvalue weighted by Crippen LogP contribution is 2.29. The molecule has 0 aliphatic carbocycles. The summed E-state index contributed by atoms with van der Waals surface area (Å²) in [5.74, 6) is -0.476. The van der Waals surface area contributed by atoms with Gasteiger partial charge in [-0.3, -0.25) is 4.79 Å². The van der Waals surface area contributed by atoms with Gasteiger partial charge in [-0.2, -0.15) is 0 Å². The van der Waals surface area contributed by atoms with E-state index in [0.717, 1.165) is 5.39 Å². The molecular formula is C19H12O4. The second-order valence-electron chi connectivity index (χ2n) is 5.26. The minimum absolute atomic E-state index is 0.149. The van der Waals surface area contributed by atoms with Crippen molar-refractivity contribution in [1.29, 1.82) is 0 Å². The molecule has 0 spiro atoms. The number of ether oxygens (including phenoxy) is 1. The van der Waals surface area contributed by atoms with Crippen molar-refractivity contribution in [1.82, 2.24) is 0 Å². The monoisotopic (exact) mass is 304 g/mol. The van der Waals surface area contributed by atoms with Crippen LogP contribution in [-0.4, -0.2) is 13.1 Å². The summed E-state index contributed by atoms with van der Waals surface area (Å²) in [6.07, 6.45) is 0.